The lowest BCUT2D eigenvalue weighted by Gasteiger charge is -2.37. The maximum atomic E-state index is 16.2. The Morgan fingerprint density at radius 2 is 1.07 bits per heavy atom. The summed E-state index contributed by atoms with van der Waals surface area (Å²) in [7, 11) is -5.11. The number of benzene rings is 4. The van der Waals surface area contributed by atoms with Crippen LogP contribution in [0.3, 0.4) is 0 Å². The van der Waals surface area contributed by atoms with Crippen molar-refractivity contribution in [1.82, 2.24) is 29.9 Å². The van der Waals surface area contributed by atoms with Gasteiger partial charge < -0.3 is 24.5 Å². The van der Waals surface area contributed by atoms with Gasteiger partial charge in [-0.25, -0.2) is 46.4 Å². The van der Waals surface area contributed by atoms with Crippen molar-refractivity contribution in [1.29, 1.82) is 0 Å². The van der Waals surface area contributed by atoms with Crippen molar-refractivity contribution >= 4 is 123 Å². The van der Waals surface area contributed by atoms with Crippen LogP contribution in [0.1, 0.15) is 83.5 Å². The van der Waals surface area contributed by atoms with Crippen LogP contribution in [0.5, 0.6) is 0 Å². The van der Waals surface area contributed by atoms with E-state index in [9.17, 15) is 16.8 Å². The number of thioether (sulfide) groups is 2. The van der Waals surface area contributed by atoms with Gasteiger partial charge >= 0.3 is 12.1 Å². The second-order valence-electron chi connectivity index (χ2n) is 20.6. The smallest absolute Gasteiger partial charge is 0.347 e. The van der Waals surface area contributed by atoms with Crippen molar-refractivity contribution in [3.63, 3.8) is 0 Å². The van der Waals surface area contributed by atoms with E-state index in [1.54, 1.807) is 36.4 Å². The Bertz CT molecular complexity index is 3920. The Morgan fingerprint density at radius 3 is 1.51 bits per heavy atom. The average Bonchev–Trinajstić information content (AvgIpc) is 3.61. The molecule has 85 heavy (non-hydrogen) atoms. The monoisotopic (exact) mass is 1260 g/mol. The van der Waals surface area contributed by atoms with E-state index in [4.69, 9.17) is 14.7 Å². The first-order valence-corrected chi connectivity index (χ1v) is 34.1. The number of ketones is 2. The number of carbonyl (C=O) groups excluding carboxylic acids is 4. The van der Waals surface area contributed by atoms with Gasteiger partial charge in [-0.05, 0) is 86.3 Å². The van der Waals surface area contributed by atoms with E-state index in [0.29, 0.717) is 86.0 Å². The van der Waals surface area contributed by atoms with Crippen molar-refractivity contribution in [2.45, 2.75) is 91.4 Å². The number of nitrogens with zero attached hydrogens (tertiary/aromatic N) is 8. The molecule has 2 aliphatic carbocycles. The number of Topliss-reactive ketones (excluding diaryl/α,β-unsaturated/α-hetero) is 2. The Kier molecular flexibility index (Phi) is 18.2. The Hall–Kier alpha value is -7.40. The van der Waals surface area contributed by atoms with Gasteiger partial charge in [0.15, 0.2) is 30.2 Å². The highest BCUT2D eigenvalue weighted by molar-refractivity contribution is 7.99. The summed E-state index contributed by atoms with van der Waals surface area (Å²) in [6.07, 6.45) is 10.9. The van der Waals surface area contributed by atoms with E-state index in [0.717, 1.165) is 45.5 Å². The summed E-state index contributed by atoms with van der Waals surface area (Å²) in [5.41, 5.74) is 1.54. The van der Waals surface area contributed by atoms with Gasteiger partial charge in [0.1, 0.15) is 0 Å². The van der Waals surface area contributed by atoms with Crippen LogP contribution in [-0.2, 0) is 35.9 Å². The molecule has 0 spiro atoms. The van der Waals surface area contributed by atoms with Crippen molar-refractivity contribution in [2.24, 2.45) is 11.8 Å². The number of hydrogen-bond donors (Lipinski definition) is 4. The molecule has 21 nitrogen and oxygen atoms in total. The lowest BCUT2D eigenvalue weighted by molar-refractivity contribution is 0.0915. The minimum Gasteiger partial charge on any atom is -0.378 e. The first-order valence-electron chi connectivity index (χ1n) is 27.6. The first kappa shape index (κ1) is 59.3. The van der Waals surface area contributed by atoms with Crippen LogP contribution in [0.15, 0.2) is 150 Å². The number of aromatic amines is 2. The van der Waals surface area contributed by atoms with Crippen LogP contribution in [0.2, 0.25) is 0 Å². The molecule has 0 atom stereocenters. The van der Waals surface area contributed by atoms with Crippen molar-refractivity contribution < 1.29 is 40.8 Å². The zero-order valence-corrected chi connectivity index (χ0v) is 51.2. The highest BCUT2D eigenvalue weighted by Crippen LogP contribution is 2.42. The number of ether oxygens (including phenoxy) is 1. The van der Waals surface area contributed by atoms with Gasteiger partial charge in [-0.1, -0.05) is 84.8 Å². The van der Waals surface area contributed by atoms with E-state index in [2.05, 4.69) is 35.5 Å². The van der Waals surface area contributed by atoms with Gasteiger partial charge in [-0.3, -0.25) is 20.2 Å². The fourth-order valence-corrected chi connectivity index (χ4v) is 17.9. The van der Waals surface area contributed by atoms with Gasteiger partial charge in [0.05, 0.1) is 36.0 Å². The number of nitrogens with one attached hydrogen (secondary N) is 4. The third-order valence-corrected chi connectivity index (χ3v) is 23.2. The first-order chi connectivity index (χ1) is 41.1. The lowest BCUT2D eigenvalue weighted by atomic mass is 9.93. The van der Waals surface area contributed by atoms with E-state index in [1.165, 1.54) is 48.3 Å². The van der Waals surface area contributed by atoms with Crippen molar-refractivity contribution in [3.8, 4) is 0 Å². The molecule has 442 valence electrons. The molecule has 2 saturated carbocycles. The Morgan fingerprint density at radius 1 is 0.624 bits per heavy atom. The number of anilines is 6. The van der Waals surface area contributed by atoms with E-state index >= 15 is 19.2 Å². The van der Waals surface area contributed by atoms with Gasteiger partial charge in [0, 0.05) is 108 Å². The summed E-state index contributed by atoms with van der Waals surface area (Å²) < 4.78 is 63.1. The van der Waals surface area contributed by atoms with Crippen LogP contribution in [0.25, 0.3) is 0 Å². The molecule has 0 unspecified atom stereocenters. The summed E-state index contributed by atoms with van der Waals surface area (Å²) in [4.78, 5) is 91.7. The summed E-state index contributed by atoms with van der Waals surface area (Å²) >= 11 is 4.01. The second-order valence-corrected chi connectivity index (χ2v) is 28.8. The molecule has 4 aromatic heterocycles. The molecular weight excluding hydrogens is 1200 g/mol. The summed E-state index contributed by atoms with van der Waals surface area (Å²) in [5, 5.41) is 6.59. The number of thiazole rings is 2. The highest BCUT2D eigenvalue weighted by Gasteiger charge is 2.40. The molecule has 0 radical (unpaired) electrons. The zero-order valence-electron chi connectivity index (χ0n) is 46.3. The van der Waals surface area contributed by atoms with Gasteiger partial charge in [-0.15, -0.1) is 23.5 Å². The number of aromatic nitrogens is 6. The second kappa shape index (κ2) is 26.1. The molecule has 1 saturated heterocycles. The SMILES string of the molecule is CN(C)c1ccc(N(C(=O)Nc2nc(CSc3ccccc3)c(S(=O)(=O)c3ncc[nH]3)s2)N(C(=O)Nc2nc(CSc3ccccc3)c(S(=O)(=O)c3ncc[nH]3)s2)c2ccc(N3CCOCC3)cc2C(=O)C2CCCC2)c(C(=O)C2CCCC2)c1. The third kappa shape index (κ3) is 13.1. The number of sulfone groups is 2. The van der Waals surface area contributed by atoms with Gasteiger partial charge in [0.2, 0.25) is 10.3 Å². The van der Waals surface area contributed by atoms with E-state index in [1.807, 2.05) is 79.7 Å². The minimum absolute atomic E-state index is 0.0507. The predicted octanol–water partition coefficient (Wildman–Crippen LogP) is 11.6. The van der Waals surface area contributed by atoms with Crippen LogP contribution in [0.4, 0.5) is 42.6 Å². The molecule has 5 heterocycles. The van der Waals surface area contributed by atoms with E-state index in [-0.39, 0.29) is 86.0 Å². The molecular formula is C58H60N12O9S6. The predicted molar refractivity (Wildman–Crippen MR) is 330 cm³/mol. The zero-order chi connectivity index (χ0) is 59.2. The Labute approximate surface area is 508 Å². The maximum absolute atomic E-state index is 16.2. The van der Waals surface area contributed by atoms with Gasteiger partial charge in [0.25, 0.3) is 19.7 Å². The maximum Gasteiger partial charge on any atom is 0.347 e. The third-order valence-electron chi connectivity index (χ3n) is 14.8. The molecule has 0 bridgehead atoms. The van der Waals surface area contributed by atoms with Crippen LogP contribution < -0.4 is 30.5 Å². The number of urea groups is 2. The fourth-order valence-electron chi connectivity index (χ4n) is 10.5. The van der Waals surface area contributed by atoms with Crippen molar-refractivity contribution in [2.75, 3.05) is 70.8 Å². The standard InChI is InChI=1S/C58H60N12O9S6/c1-67(2)39-21-23-47(43(33-39)49(71)37-13-9-10-14-37)69(57(73)65-53-63-45(35-80-41-17-5-3-6-18-41)51(82-53)84(75,76)55-59-25-26-60-55)70(48-24-22-40(68-29-31-79-32-30-68)34-44(48)50(72)38-15-11-12-16-38)58(74)66-54-64-46(36-81-42-19-7-4-8-20-42)52(83-54)85(77,78)56-61-27-28-62-56/h3-8,17-28,33-34,37-38H,9-16,29-32,35-36H2,1-2H3,(H,59,60)(H,61,62)(H,63,65,73)(H,64,66,74). The highest BCUT2D eigenvalue weighted by atomic mass is 32.2. The number of amides is 4. The number of H-pyrrole nitrogens is 2. The largest absolute Gasteiger partial charge is 0.378 e. The number of imidazole rings is 2. The Balaban J connectivity index is 1.11. The molecule has 27 heteroatoms. The number of rotatable bonds is 20. The number of hydrazine groups is 1. The molecule has 4 N–H and O–H groups in total. The number of carbonyl (C=O) groups is 4. The summed E-state index contributed by atoms with van der Waals surface area (Å²) in [6, 6.07) is 26.5. The molecule has 11 rings (SSSR count). The average molecular weight is 1260 g/mol. The number of hydrogen-bond acceptors (Lipinski definition) is 19. The van der Waals surface area contributed by atoms with Crippen LogP contribution in [0, 0.1) is 11.8 Å². The van der Waals surface area contributed by atoms with E-state index < -0.39 is 43.6 Å². The van der Waals surface area contributed by atoms with Crippen molar-refractivity contribution in [3.05, 3.63) is 144 Å². The molecule has 3 fully saturated rings. The van der Waals surface area contributed by atoms with Crippen LogP contribution >= 0.6 is 46.2 Å². The fraction of sp³-hybridized carbons (Fsp3) is 0.310. The van der Waals surface area contributed by atoms with Crippen LogP contribution in [-0.4, -0.2) is 111 Å². The molecule has 3 aliphatic rings. The lowest BCUT2D eigenvalue weighted by Crippen LogP contribution is -2.55. The summed E-state index contributed by atoms with van der Waals surface area (Å²) in [5.74, 6) is -1.34. The molecule has 8 aromatic rings. The normalized spacial score (nSPS) is 15.0. The molecule has 4 amide bonds. The minimum atomic E-state index is -4.37. The van der Waals surface area contributed by atoms with Gasteiger partial charge in [-0.2, -0.15) is 10.0 Å². The topological polar surface area (TPSA) is 266 Å². The number of morpholine rings is 1. The molecule has 1 aliphatic heterocycles. The quantitative estimate of drug-likeness (QED) is 0.0314. The summed E-state index contributed by atoms with van der Waals surface area (Å²) in [6.45, 7) is 1.88. The molecule has 4 aromatic carbocycles.